The van der Waals surface area contributed by atoms with Crippen LogP contribution in [0.25, 0.3) is 21.8 Å². The molecule has 0 saturated heterocycles. The highest BCUT2D eigenvalue weighted by Crippen LogP contribution is 2.30. The van der Waals surface area contributed by atoms with Crippen molar-refractivity contribution in [3.63, 3.8) is 0 Å². The van der Waals surface area contributed by atoms with E-state index in [4.69, 9.17) is 4.98 Å². The van der Waals surface area contributed by atoms with Crippen LogP contribution in [0.15, 0.2) is 72.8 Å². The number of hydrogen-bond acceptors (Lipinski definition) is 5. The van der Waals surface area contributed by atoms with Crippen LogP contribution in [0.3, 0.4) is 0 Å². The number of nitrogens with one attached hydrogen (secondary N) is 2. The van der Waals surface area contributed by atoms with Crippen molar-refractivity contribution in [2.75, 3.05) is 18.4 Å². The number of anilines is 1. The molecule has 0 unspecified atom stereocenters. The van der Waals surface area contributed by atoms with Crippen LogP contribution in [0.1, 0.15) is 48.9 Å². The molecule has 35 heavy (non-hydrogen) atoms. The molecule has 0 spiro atoms. The molecule has 0 aliphatic carbocycles. The Balaban J connectivity index is 1.13. The minimum Gasteiger partial charge on any atom is -0.384 e. The number of pyridine rings is 1. The Morgan fingerprint density at radius 3 is 1.89 bits per heavy atom. The highest BCUT2D eigenvalue weighted by Gasteiger charge is 2.09. The maximum atomic E-state index is 12.1. The first kappa shape index (κ1) is 24.1. The first-order valence-electron chi connectivity index (χ1n) is 12.2. The first-order valence-corrected chi connectivity index (χ1v) is 12.2. The molecular formula is C28H30N4O3. The lowest BCUT2D eigenvalue weighted by Gasteiger charge is -2.13. The van der Waals surface area contributed by atoms with E-state index in [0.717, 1.165) is 72.6 Å². The summed E-state index contributed by atoms with van der Waals surface area (Å²) in [5, 5.41) is 19.5. The van der Waals surface area contributed by atoms with Crippen molar-refractivity contribution in [2.45, 2.75) is 38.5 Å². The molecule has 4 aromatic rings. The molecule has 1 aromatic heterocycles. The van der Waals surface area contributed by atoms with E-state index in [1.165, 1.54) is 24.3 Å². The zero-order chi connectivity index (χ0) is 24.5. The number of carbonyl (C=O) groups is 1. The number of aromatic nitrogens is 1. The number of para-hydroxylation sites is 2. The van der Waals surface area contributed by atoms with Crippen LogP contribution >= 0.6 is 0 Å². The van der Waals surface area contributed by atoms with Gasteiger partial charge >= 0.3 is 0 Å². The Bertz CT molecular complexity index is 1250. The van der Waals surface area contributed by atoms with Gasteiger partial charge in [-0.25, -0.2) is 4.98 Å². The fourth-order valence-electron chi connectivity index (χ4n) is 4.24. The van der Waals surface area contributed by atoms with Gasteiger partial charge in [0.1, 0.15) is 0 Å². The highest BCUT2D eigenvalue weighted by molar-refractivity contribution is 6.07. The van der Waals surface area contributed by atoms with E-state index in [-0.39, 0.29) is 11.6 Å². The van der Waals surface area contributed by atoms with Gasteiger partial charge in [-0.05, 0) is 37.1 Å². The molecule has 7 heteroatoms. The van der Waals surface area contributed by atoms with Gasteiger partial charge in [-0.2, -0.15) is 0 Å². The predicted molar refractivity (Wildman–Crippen MR) is 141 cm³/mol. The number of rotatable bonds is 12. The second kappa shape index (κ2) is 11.9. The number of nitro benzene ring substituents is 1. The van der Waals surface area contributed by atoms with Gasteiger partial charge in [0.05, 0.1) is 21.6 Å². The average molecular weight is 471 g/mol. The largest absolute Gasteiger partial charge is 0.384 e. The zero-order valence-electron chi connectivity index (χ0n) is 19.7. The minimum absolute atomic E-state index is 0.0146. The van der Waals surface area contributed by atoms with Gasteiger partial charge in [0.25, 0.3) is 11.6 Å². The predicted octanol–water partition coefficient (Wildman–Crippen LogP) is 6.48. The van der Waals surface area contributed by atoms with Gasteiger partial charge in [0.15, 0.2) is 0 Å². The van der Waals surface area contributed by atoms with Gasteiger partial charge in [0.2, 0.25) is 0 Å². The normalized spacial score (nSPS) is 11.0. The van der Waals surface area contributed by atoms with Crippen molar-refractivity contribution in [1.82, 2.24) is 10.3 Å². The molecule has 0 atom stereocenters. The molecule has 3 aromatic carbocycles. The summed E-state index contributed by atoms with van der Waals surface area (Å²) in [6, 6.07) is 22.2. The third-order valence-corrected chi connectivity index (χ3v) is 6.12. The van der Waals surface area contributed by atoms with Gasteiger partial charge < -0.3 is 10.6 Å². The van der Waals surface area contributed by atoms with E-state index < -0.39 is 4.92 Å². The second-order valence-corrected chi connectivity index (χ2v) is 8.63. The summed E-state index contributed by atoms with van der Waals surface area (Å²) in [7, 11) is 0. The van der Waals surface area contributed by atoms with E-state index in [2.05, 4.69) is 47.0 Å². The summed E-state index contributed by atoms with van der Waals surface area (Å²) in [6.45, 7) is 1.53. The van der Waals surface area contributed by atoms with Crippen molar-refractivity contribution in [1.29, 1.82) is 0 Å². The van der Waals surface area contributed by atoms with E-state index >= 15 is 0 Å². The molecule has 180 valence electrons. The van der Waals surface area contributed by atoms with Gasteiger partial charge in [-0.15, -0.1) is 0 Å². The summed E-state index contributed by atoms with van der Waals surface area (Å²) in [5.41, 5.74) is 3.61. The van der Waals surface area contributed by atoms with Crippen LogP contribution in [0.2, 0.25) is 0 Å². The maximum absolute atomic E-state index is 12.1. The monoisotopic (exact) mass is 470 g/mol. The van der Waals surface area contributed by atoms with Crippen molar-refractivity contribution < 1.29 is 9.72 Å². The third-order valence-electron chi connectivity index (χ3n) is 6.12. The second-order valence-electron chi connectivity index (χ2n) is 8.63. The Morgan fingerprint density at radius 2 is 1.29 bits per heavy atom. The molecule has 1 heterocycles. The van der Waals surface area contributed by atoms with Crippen molar-refractivity contribution in [3.8, 4) is 0 Å². The van der Waals surface area contributed by atoms with Gasteiger partial charge in [0, 0.05) is 41.6 Å². The van der Waals surface area contributed by atoms with Crippen molar-refractivity contribution >= 4 is 39.1 Å². The lowest BCUT2D eigenvalue weighted by molar-refractivity contribution is -0.384. The zero-order valence-corrected chi connectivity index (χ0v) is 19.7. The number of hydrogen-bond donors (Lipinski definition) is 2. The molecule has 0 bridgehead atoms. The molecule has 1 amide bonds. The van der Waals surface area contributed by atoms with Gasteiger partial charge in [-0.1, -0.05) is 62.1 Å². The van der Waals surface area contributed by atoms with Crippen molar-refractivity contribution in [2.24, 2.45) is 0 Å². The average Bonchev–Trinajstić information content (AvgIpc) is 2.89. The summed E-state index contributed by atoms with van der Waals surface area (Å²) < 4.78 is 0. The quantitative estimate of drug-likeness (QED) is 0.107. The summed E-state index contributed by atoms with van der Waals surface area (Å²) in [5.74, 6) is -0.192. The number of non-ortho nitro benzene ring substituents is 1. The Hall–Kier alpha value is -4.00. The number of carbonyl (C=O) groups excluding carboxylic acids is 1. The standard InChI is InChI=1S/C28H30N4O3/c33-28(21-15-17-22(18-16-21)32(34)35)30-20-10-4-2-1-3-9-19-29-27-23-11-5-7-13-25(23)31-26-14-8-6-12-24(26)27/h5-8,11-18H,1-4,9-10,19-20H2,(H,29,31)(H,30,33). The molecule has 0 fully saturated rings. The third kappa shape index (κ3) is 6.32. The van der Waals surface area contributed by atoms with Crippen LogP contribution in [-0.2, 0) is 0 Å². The molecule has 0 aliphatic heterocycles. The fourth-order valence-corrected chi connectivity index (χ4v) is 4.24. The summed E-state index contributed by atoms with van der Waals surface area (Å²) in [4.78, 5) is 27.1. The molecule has 7 nitrogen and oxygen atoms in total. The SMILES string of the molecule is O=C(NCCCCCCCCNc1c2ccccc2nc2ccccc12)c1ccc([N+](=O)[O-])cc1. The molecule has 4 rings (SSSR count). The summed E-state index contributed by atoms with van der Waals surface area (Å²) >= 11 is 0. The number of amides is 1. The van der Waals surface area contributed by atoms with E-state index in [0.29, 0.717) is 12.1 Å². The highest BCUT2D eigenvalue weighted by atomic mass is 16.6. The van der Waals surface area contributed by atoms with Gasteiger partial charge in [-0.3, -0.25) is 14.9 Å². The number of nitro groups is 1. The topological polar surface area (TPSA) is 97.2 Å². The number of benzene rings is 3. The molecule has 0 aliphatic rings. The number of fused-ring (bicyclic) bond motifs is 2. The molecule has 2 N–H and O–H groups in total. The first-order chi connectivity index (χ1) is 17.1. The fraction of sp³-hybridized carbons (Fsp3) is 0.286. The lowest BCUT2D eigenvalue weighted by atomic mass is 10.1. The van der Waals surface area contributed by atoms with E-state index in [9.17, 15) is 14.9 Å². The van der Waals surface area contributed by atoms with Crippen LogP contribution < -0.4 is 10.6 Å². The van der Waals surface area contributed by atoms with Crippen LogP contribution in [0, 0.1) is 10.1 Å². The van der Waals surface area contributed by atoms with Crippen molar-refractivity contribution in [3.05, 3.63) is 88.5 Å². The van der Waals surface area contributed by atoms with Crippen LogP contribution in [-0.4, -0.2) is 28.9 Å². The van der Waals surface area contributed by atoms with E-state index in [1.807, 2.05) is 12.1 Å². The minimum atomic E-state index is -0.471. The van der Waals surface area contributed by atoms with Crippen LogP contribution in [0.4, 0.5) is 11.4 Å². The molecule has 0 radical (unpaired) electrons. The van der Waals surface area contributed by atoms with Crippen LogP contribution in [0.5, 0.6) is 0 Å². The Kier molecular flexibility index (Phi) is 8.22. The Labute approximate surface area is 204 Å². The Morgan fingerprint density at radius 1 is 0.743 bits per heavy atom. The smallest absolute Gasteiger partial charge is 0.269 e. The summed E-state index contributed by atoms with van der Waals surface area (Å²) in [6.07, 6.45) is 6.54. The number of nitrogens with zero attached hydrogens (tertiary/aromatic N) is 2. The maximum Gasteiger partial charge on any atom is 0.269 e. The van der Waals surface area contributed by atoms with E-state index in [1.54, 1.807) is 0 Å². The molecule has 0 saturated carbocycles. The number of unbranched alkanes of at least 4 members (excludes halogenated alkanes) is 5. The molecular weight excluding hydrogens is 440 g/mol. The lowest BCUT2D eigenvalue weighted by Crippen LogP contribution is -2.24.